The molecule has 2 aromatic rings. The summed E-state index contributed by atoms with van der Waals surface area (Å²) >= 11 is 0. The van der Waals surface area contributed by atoms with E-state index < -0.39 is 5.41 Å². The molecule has 2 amide bonds. The van der Waals surface area contributed by atoms with Crippen molar-refractivity contribution in [1.82, 2.24) is 5.32 Å². The molecule has 0 aliphatic carbocycles. The zero-order valence-electron chi connectivity index (χ0n) is 16.7. The Morgan fingerprint density at radius 2 is 2.04 bits per heavy atom. The topological polar surface area (TPSA) is 61.4 Å². The van der Waals surface area contributed by atoms with Crippen LogP contribution in [0.5, 0.6) is 0 Å². The largest absolute Gasteiger partial charge is 0.382 e. The van der Waals surface area contributed by atoms with Gasteiger partial charge in [0.15, 0.2) is 0 Å². The second kappa shape index (κ2) is 6.97. The molecule has 2 aliphatic rings. The van der Waals surface area contributed by atoms with Crippen LogP contribution in [0.15, 0.2) is 42.5 Å². The normalized spacial score (nSPS) is 19.6. The molecule has 0 saturated carbocycles. The molecule has 0 saturated heterocycles. The molecule has 5 nitrogen and oxygen atoms in total. The Morgan fingerprint density at radius 3 is 2.86 bits per heavy atom. The molecule has 0 aromatic heterocycles. The first kappa shape index (κ1) is 18.5. The maximum Gasteiger partial charge on any atom is 0.251 e. The van der Waals surface area contributed by atoms with E-state index in [1.807, 2.05) is 32.0 Å². The third-order valence-corrected chi connectivity index (χ3v) is 6.05. The van der Waals surface area contributed by atoms with E-state index in [-0.39, 0.29) is 11.8 Å². The fourth-order valence-electron chi connectivity index (χ4n) is 4.29. The Labute approximate surface area is 166 Å². The number of nitrogens with one attached hydrogen (secondary N) is 2. The van der Waals surface area contributed by atoms with Crippen LogP contribution in [0.2, 0.25) is 0 Å². The van der Waals surface area contributed by atoms with Crippen molar-refractivity contribution in [2.24, 2.45) is 0 Å². The number of amides is 2. The summed E-state index contributed by atoms with van der Waals surface area (Å²) in [5.74, 6) is -0.0273. The zero-order valence-corrected chi connectivity index (χ0v) is 16.7. The molecule has 0 fully saturated rings. The van der Waals surface area contributed by atoms with Crippen LogP contribution in [-0.4, -0.2) is 31.4 Å². The number of fused-ring (bicyclic) bond motifs is 2. The van der Waals surface area contributed by atoms with Gasteiger partial charge < -0.3 is 15.5 Å². The lowest BCUT2D eigenvalue weighted by Crippen LogP contribution is -2.33. The van der Waals surface area contributed by atoms with Crippen LogP contribution in [0.25, 0.3) is 0 Å². The zero-order chi connectivity index (χ0) is 19.9. The first-order valence-corrected chi connectivity index (χ1v) is 9.93. The Hall–Kier alpha value is -2.82. The van der Waals surface area contributed by atoms with E-state index in [1.54, 1.807) is 18.0 Å². The first-order chi connectivity index (χ1) is 13.4. The van der Waals surface area contributed by atoms with Crippen molar-refractivity contribution in [3.63, 3.8) is 0 Å². The van der Waals surface area contributed by atoms with Crippen molar-refractivity contribution >= 4 is 23.2 Å². The number of hydrogen-bond acceptors (Lipinski definition) is 3. The molecule has 146 valence electrons. The molecular weight excluding hydrogens is 350 g/mol. The molecule has 0 bridgehead atoms. The van der Waals surface area contributed by atoms with Gasteiger partial charge in [0.2, 0.25) is 5.91 Å². The number of carbonyl (C=O) groups excluding carboxylic acids is 2. The Morgan fingerprint density at radius 1 is 1.25 bits per heavy atom. The fraction of sp³-hybridized carbons (Fsp3) is 0.391. The minimum Gasteiger partial charge on any atom is -0.382 e. The number of rotatable bonds is 4. The molecule has 4 rings (SSSR count). The summed E-state index contributed by atoms with van der Waals surface area (Å²) < 4.78 is 0. The predicted molar refractivity (Wildman–Crippen MR) is 112 cm³/mol. The van der Waals surface area contributed by atoms with Crippen LogP contribution >= 0.6 is 0 Å². The minimum absolute atomic E-state index is 0.0590. The second-order valence-corrected chi connectivity index (χ2v) is 8.30. The summed E-state index contributed by atoms with van der Waals surface area (Å²) in [5.41, 5.74) is 4.38. The maximum atomic E-state index is 12.6. The van der Waals surface area contributed by atoms with Crippen molar-refractivity contribution in [3.8, 4) is 0 Å². The van der Waals surface area contributed by atoms with E-state index in [1.165, 1.54) is 11.3 Å². The number of anilines is 2. The third-order valence-electron chi connectivity index (χ3n) is 6.05. The summed E-state index contributed by atoms with van der Waals surface area (Å²) in [5, 5.41) is 6.60. The van der Waals surface area contributed by atoms with E-state index in [0.29, 0.717) is 18.2 Å². The van der Waals surface area contributed by atoms with Gasteiger partial charge in [-0.3, -0.25) is 9.59 Å². The lowest BCUT2D eigenvalue weighted by Gasteiger charge is -2.27. The van der Waals surface area contributed by atoms with Gasteiger partial charge in [0, 0.05) is 36.6 Å². The van der Waals surface area contributed by atoms with E-state index in [9.17, 15) is 9.59 Å². The minimum atomic E-state index is -0.597. The van der Waals surface area contributed by atoms with Crippen LogP contribution < -0.4 is 15.5 Å². The van der Waals surface area contributed by atoms with Gasteiger partial charge >= 0.3 is 0 Å². The highest BCUT2D eigenvalue weighted by molar-refractivity contribution is 6.08. The van der Waals surface area contributed by atoms with Gasteiger partial charge in [-0.15, -0.1) is 0 Å². The third kappa shape index (κ3) is 3.15. The number of hydrogen-bond donors (Lipinski definition) is 2. The summed E-state index contributed by atoms with van der Waals surface area (Å²) in [6.45, 7) is 4.44. The Kier molecular flexibility index (Phi) is 4.61. The number of nitrogens with zero attached hydrogens (tertiary/aromatic N) is 1. The maximum absolute atomic E-state index is 12.6. The van der Waals surface area contributed by atoms with Crippen molar-refractivity contribution in [1.29, 1.82) is 0 Å². The predicted octanol–water partition coefficient (Wildman–Crippen LogP) is 3.49. The highest BCUT2D eigenvalue weighted by atomic mass is 16.2. The van der Waals surface area contributed by atoms with Crippen molar-refractivity contribution < 1.29 is 9.59 Å². The number of aryl methyl sites for hydroxylation is 1. The van der Waals surface area contributed by atoms with E-state index in [2.05, 4.69) is 28.8 Å². The van der Waals surface area contributed by atoms with E-state index >= 15 is 0 Å². The lowest BCUT2D eigenvalue weighted by molar-refractivity contribution is -0.121. The van der Waals surface area contributed by atoms with E-state index in [4.69, 9.17) is 0 Å². The number of carbonyl (C=O) groups is 2. The van der Waals surface area contributed by atoms with Gasteiger partial charge in [0.25, 0.3) is 5.91 Å². The second-order valence-electron chi connectivity index (χ2n) is 8.30. The molecule has 2 N–H and O–H groups in total. The highest BCUT2D eigenvalue weighted by Gasteiger charge is 2.42. The van der Waals surface area contributed by atoms with Gasteiger partial charge in [0.05, 0.1) is 5.41 Å². The molecule has 1 unspecified atom stereocenters. The van der Waals surface area contributed by atoms with Gasteiger partial charge in [-0.05, 0) is 68.5 Å². The van der Waals surface area contributed by atoms with E-state index in [0.717, 1.165) is 30.5 Å². The number of para-hydroxylation sites is 1. The molecular formula is C23H27N3O2. The highest BCUT2D eigenvalue weighted by Crippen LogP contribution is 2.41. The smallest absolute Gasteiger partial charge is 0.251 e. The Bertz CT molecular complexity index is 935. The standard InChI is InChI=1S/C23H27N3O2/c1-23(2)18-14-16(9-11-20(18)26(3)22(23)28)21(27)24-13-12-17-10-8-15-6-4-5-7-19(15)25-17/h4-7,9,11,14,17,25H,8,10,12-13H2,1-3H3,(H,24,27). The Balaban J connectivity index is 1.37. The van der Waals surface area contributed by atoms with Crippen LogP contribution in [-0.2, 0) is 16.6 Å². The fourth-order valence-corrected chi connectivity index (χ4v) is 4.29. The molecule has 5 heteroatoms. The first-order valence-electron chi connectivity index (χ1n) is 9.93. The van der Waals surface area contributed by atoms with Crippen LogP contribution in [0.1, 0.15) is 48.2 Å². The van der Waals surface area contributed by atoms with Crippen LogP contribution in [0.4, 0.5) is 11.4 Å². The van der Waals surface area contributed by atoms with Gasteiger partial charge in [-0.1, -0.05) is 18.2 Å². The molecule has 0 spiro atoms. The summed E-state index contributed by atoms with van der Waals surface area (Å²) in [4.78, 5) is 26.7. The molecule has 0 radical (unpaired) electrons. The molecule has 28 heavy (non-hydrogen) atoms. The molecule has 2 heterocycles. The summed E-state index contributed by atoms with van der Waals surface area (Å²) in [6, 6.07) is 14.3. The van der Waals surface area contributed by atoms with Crippen molar-refractivity contribution in [2.45, 2.75) is 44.6 Å². The average molecular weight is 377 g/mol. The SMILES string of the molecule is CN1C(=O)C(C)(C)c2cc(C(=O)NCCC3CCc4ccccc4N3)ccc21. The van der Waals surface area contributed by atoms with Gasteiger partial charge in [-0.25, -0.2) is 0 Å². The van der Waals surface area contributed by atoms with Gasteiger partial charge in [-0.2, -0.15) is 0 Å². The molecule has 1 atom stereocenters. The molecule has 2 aromatic carbocycles. The summed E-state index contributed by atoms with van der Waals surface area (Å²) in [6.07, 6.45) is 3.04. The molecule has 2 aliphatic heterocycles. The van der Waals surface area contributed by atoms with Crippen LogP contribution in [0.3, 0.4) is 0 Å². The number of benzene rings is 2. The van der Waals surface area contributed by atoms with Crippen molar-refractivity contribution in [2.75, 3.05) is 23.8 Å². The number of likely N-dealkylation sites (N-methyl/N-ethyl adjacent to an activating group) is 1. The lowest BCUT2D eigenvalue weighted by atomic mass is 9.85. The van der Waals surface area contributed by atoms with Crippen LogP contribution in [0, 0.1) is 0 Å². The van der Waals surface area contributed by atoms with Gasteiger partial charge in [0.1, 0.15) is 0 Å². The van der Waals surface area contributed by atoms with Crippen molar-refractivity contribution in [3.05, 3.63) is 59.2 Å². The summed E-state index contributed by atoms with van der Waals surface area (Å²) in [7, 11) is 1.78. The monoisotopic (exact) mass is 377 g/mol. The average Bonchev–Trinajstić information content (AvgIpc) is 2.88. The quantitative estimate of drug-likeness (QED) is 0.857.